The van der Waals surface area contributed by atoms with Gasteiger partial charge in [-0.05, 0) is 17.7 Å². The number of aliphatic hydroxyl groups excluding tert-OH is 1. The summed E-state index contributed by atoms with van der Waals surface area (Å²) in [6.07, 6.45) is 0. The van der Waals surface area contributed by atoms with Crippen molar-refractivity contribution in [3.05, 3.63) is 23.8 Å². The molecular weight excluding hydrogens is 330 g/mol. The van der Waals surface area contributed by atoms with Crippen molar-refractivity contribution in [3.63, 3.8) is 0 Å². The van der Waals surface area contributed by atoms with Gasteiger partial charge in [-0.1, -0.05) is 6.07 Å². The van der Waals surface area contributed by atoms with Crippen LogP contribution in [0.4, 0.5) is 0 Å². The summed E-state index contributed by atoms with van der Waals surface area (Å²) in [7, 11) is -2.19. The standard InChI is InChI=1S/C13H19NO4S3/c1-18-12-6-10(8-15)2-3-13(12)21(16,17)14-7-11-9-19-4-5-20-11/h2-3,6,11,14-15H,4-5,7-9H2,1H3. The lowest BCUT2D eigenvalue weighted by molar-refractivity contribution is 0.280. The highest BCUT2D eigenvalue weighted by atomic mass is 32.2. The number of methoxy groups -OCH3 is 1. The normalized spacial score (nSPS) is 19.4. The molecular formula is C13H19NO4S3. The lowest BCUT2D eigenvalue weighted by atomic mass is 10.2. The Morgan fingerprint density at radius 3 is 2.86 bits per heavy atom. The zero-order chi connectivity index (χ0) is 15.3. The van der Waals surface area contributed by atoms with E-state index in [9.17, 15) is 8.42 Å². The fourth-order valence-electron chi connectivity index (χ4n) is 1.97. The van der Waals surface area contributed by atoms with Gasteiger partial charge >= 0.3 is 0 Å². The molecule has 21 heavy (non-hydrogen) atoms. The summed E-state index contributed by atoms with van der Waals surface area (Å²) in [5.74, 6) is 3.41. The van der Waals surface area contributed by atoms with Crippen molar-refractivity contribution in [1.82, 2.24) is 4.72 Å². The molecule has 118 valence electrons. The summed E-state index contributed by atoms with van der Waals surface area (Å²) in [5, 5.41) is 9.41. The Balaban J connectivity index is 2.11. The summed E-state index contributed by atoms with van der Waals surface area (Å²) < 4.78 is 32.5. The Morgan fingerprint density at radius 2 is 2.24 bits per heavy atom. The zero-order valence-electron chi connectivity index (χ0n) is 11.7. The molecule has 0 bridgehead atoms. The van der Waals surface area contributed by atoms with Crippen molar-refractivity contribution >= 4 is 33.5 Å². The Hall–Kier alpha value is -0.410. The van der Waals surface area contributed by atoms with Gasteiger partial charge in [-0.2, -0.15) is 23.5 Å². The maximum absolute atomic E-state index is 12.4. The second-order valence-corrected chi connectivity index (χ2v) is 8.86. The summed E-state index contributed by atoms with van der Waals surface area (Å²) in [4.78, 5) is 0.107. The molecule has 2 rings (SSSR count). The first-order chi connectivity index (χ1) is 10.1. The molecule has 5 nitrogen and oxygen atoms in total. The van der Waals surface area contributed by atoms with E-state index in [2.05, 4.69) is 4.72 Å². The van der Waals surface area contributed by atoms with Gasteiger partial charge in [0.2, 0.25) is 10.0 Å². The van der Waals surface area contributed by atoms with Crippen molar-refractivity contribution in [2.24, 2.45) is 0 Å². The van der Waals surface area contributed by atoms with Crippen LogP contribution in [-0.2, 0) is 16.6 Å². The quantitative estimate of drug-likeness (QED) is 0.807. The highest BCUT2D eigenvalue weighted by Gasteiger charge is 2.22. The molecule has 0 spiro atoms. The number of hydrogen-bond acceptors (Lipinski definition) is 6. The van der Waals surface area contributed by atoms with Gasteiger partial charge < -0.3 is 9.84 Å². The number of hydrogen-bond donors (Lipinski definition) is 2. The first kappa shape index (κ1) is 17.0. The second kappa shape index (κ2) is 7.73. The first-order valence-electron chi connectivity index (χ1n) is 6.53. The topological polar surface area (TPSA) is 75.6 Å². The van der Waals surface area contributed by atoms with Crippen LogP contribution in [0, 0.1) is 0 Å². The highest BCUT2D eigenvalue weighted by Crippen LogP contribution is 2.26. The molecule has 2 N–H and O–H groups in total. The predicted molar refractivity (Wildman–Crippen MR) is 87.7 cm³/mol. The largest absolute Gasteiger partial charge is 0.495 e. The van der Waals surface area contributed by atoms with E-state index in [1.165, 1.54) is 13.2 Å². The maximum atomic E-state index is 12.4. The number of aliphatic hydroxyl groups is 1. The van der Waals surface area contributed by atoms with Crippen molar-refractivity contribution in [1.29, 1.82) is 0 Å². The number of nitrogens with one attached hydrogen (secondary N) is 1. The van der Waals surface area contributed by atoms with E-state index >= 15 is 0 Å². The van der Waals surface area contributed by atoms with Gasteiger partial charge in [-0.25, -0.2) is 13.1 Å². The van der Waals surface area contributed by atoms with Crippen molar-refractivity contribution in [2.75, 3.05) is 30.9 Å². The summed E-state index contributed by atoms with van der Waals surface area (Å²) in [6.45, 7) is 0.269. The zero-order valence-corrected chi connectivity index (χ0v) is 14.2. The third-order valence-corrected chi connectivity index (χ3v) is 7.39. The van der Waals surface area contributed by atoms with Crippen LogP contribution in [0.25, 0.3) is 0 Å². The van der Waals surface area contributed by atoms with Crippen LogP contribution in [0.5, 0.6) is 5.75 Å². The minimum atomic E-state index is -3.61. The predicted octanol–water partition coefficient (Wildman–Crippen LogP) is 1.31. The Labute approximate surface area is 133 Å². The van der Waals surface area contributed by atoms with E-state index < -0.39 is 10.0 Å². The Morgan fingerprint density at radius 1 is 1.43 bits per heavy atom. The van der Waals surface area contributed by atoms with Crippen molar-refractivity contribution < 1.29 is 18.3 Å². The molecule has 1 unspecified atom stereocenters. The number of rotatable bonds is 6. The van der Waals surface area contributed by atoms with Crippen LogP contribution in [0.2, 0.25) is 0 Å². The average Bonchev–Trinajstić information content (AvgIpc) is 2.53. The Kier molecular flexibility index (Phi) is 6.24. The summed E-state index contributed by atoms with van der Waals surface area (Å²) >= 11 is 3.66. The molecule has 1 atom stereocenters. The summed E-state index contributed by atoms with van der Waals surface area (Å²) in [5.41, 5.74) is 0.616. The molecule has 0 aromatic heterocycles. The van der Waals surface area contributed by atoms with Gasteiger partial charge in [0.1, 0.15) is 10.6 Å². The smallest absolute Gasteiger partial charge is 0.244 e. The molecule has 1 aromatic rings. The molecule has 1 saturated heterocycles. The molecule has 1 aromatic carbocycles. The van der Waals surface area contributed by atoms with Crippen LogP contribution in [-0.4, -0.2) is 49.7 Å². The van der Waals surface area contributed by atoms with E-state index in [4.69, 9.17) is 9.84 Å². The van der Waals surface area contributed by atoms with Gasteiger partial charge in [-0.3, -0.25) is 0 Å². The lowest BCUT2D eigenvalue weighted by Crippen LogP contribution is -2.33. The van der Waals surface area contributed by atoms with Crippen LogP contribution >= 0.6 is 23.5 Å². The minimum absolute atomic E-state index is 0.107. The minimum Gasteiger partial charge on any atom is -0.495 e. The molecule has 1 aliphatic heterocycles. The van der Waals surface area contributed by atoms with E-state index in [0.717, 1.165) is 17.3 Å². The van der Waals surface area contributed by atoms with E-state index in [1.807, 2.05) is 11.8 Å². The molecule has 1 heterocycles. The number of sulfonamides is 1. The molecule has 0 radical (unpaired) electrons. The average molecular weight is 349 g/mol. The molecule has 0 amide bonds. The third-order valence-electron chi connectivity index (χ3n) is 3.09. The van der Waals surface area contributed by atoms with Gasteiger partial charge in [-0.15, -0.1) is 0 Å². The first-order valence-corrected chi connectivity index (χ1v) is 10.2. The van der Waals surface area contributed by atoms with Crippen LogP contribution < -0.4 is 9.46 Å². The number of ether oxygens (including phenoxy) is 1. The molecule has 8 heteroatoms. The maximum Gasteiger partial charge on any atom is 0.244 e. The highest BCUT2D eigenvalue weighted by molar-refractivity contribution is 8.06. The monoisotopic (exact) mass is 349 g/mol. The van der Waals surface area contributed by atoms with Gasteiger partial charge in [0.15, 0.2) is 0 Å². The summed E-state index contributed by atoms with van der Waals surface area (Å²) in [6, 6.07) is 4.59. The van der Waals surface area contributed by atoms with Gasteiger partial charge in [0.25, 0.3) is 0 Å². The van der Waals surface area contributed by atoms with Gasteiger partial charge in [0, 0.05) is 29.1 Å². The van der Waals surface area contributed by atoms with Crippen LogP contribution in [0.1, 0.15) is 5.56 Å². The lowest BCUT2D eigenvalue weighted by Gasteiger charge is -2.21. The van der Waals surface area contributed by atoms with Crippen molar-refractivity contribution in [2.45, 2.75) is 16.8 Å². The van der Waals surface area contributed by atoms with Crippen LogP contribution in [0.15, 0.2) is 23.1 Å². The third kappa shape index (κ3) is 4.53. The van der Waals surface area contributed by atoms with E-state index in [0.29, 0.717) is 17.4 Å². The fourth-order valence-corrected chi connectivity index (χ4v) is 5.91. The molecule has 0 aliphatic carbocycles. The molecule has 0 saturated carbocycles. The molecule has 1 aliphatic rings. The van der Waals surface area contributed by atoms with Crippen molar-refractivity contribution in [3.8, 4) is 5.75 Å². The van der Waals surface area contributed by atoms with E-state index in [-0.39, 0.29) is 17.3 Å². The number of benzene rings is 1. The van der Waals surface area contributed by atoms with Crippen LogP contribution in [0.3, 0.4) is 0 Å². The fraction of sp³-hybridized carbons (Fsp3) is 0.538. The SMILES string of the molecule is COc1cc(CO)ccc1S(=O)(=O)NCC1CSCCS1. The number of thioether (sulfide) groups is 2. The Bertz CT molecular complexity index is 571. The second-order valence-electron chi connectivity index (χ2n) is 4.56. The van der Waals surface area contributed by atoms with Gasteiger partial charge in [0.05, 0.1) is 13.7 Å². The molecule has 1 fully saturated rings. The van der Waals surface area contributed by atoms with E-state index in [1.54, 1.807) is 23.9 Å².